The number of nitrogens with zero attached hydrogens (tertiary/aromatic N) is 1. The van der Waals surface area contributed by atoms with Crippen LogP contribution in [-0.2, 0) is 17.8 Å². The van der Waals surface area contributed by atoms with Crippen LogP contribution in [0.25, 0.3) is 0 Å². The average molecular weight is 370 g/mol. The van der Waals surface area contributed by atoms with Gasteiger partial charge in [-0.3, -0.25) is 4.79 Å². The second kappa shape index (κ2) is 8.20. The molecule has 27 heavy (non-hydrogen) atoms. The Hall–Kier alpha value is -2.89. The van der Waals surface area contributed by atoms with E-state index in [1.807, 2.05) is 24.3 Å². The second-order valence-electron chi connectivity index (χ2n) is 6.62. The van der Waals surface area contributed by atoms with Crippen LogP contribution < -0.4 is 24.4 Å². The van der Waals surface area contributed by atoms with Crippen LogP contribution in [0.3, 0.4) is 0 Å². The molecule has 1 unspecified atom stereocenters. The number of carbonyl (C=O) groups is 1. The van der Waals surface area contributed by atoms with E-state index >= 15 is 0 Å². The van der Waals surface area contributed by atoms with Gasteiger partial charge >= 0.3 is 0 Å². The molecule has 3 rings (SSSR count). The average Bonchev–Trinajstić information content (AvgIpc) is 3.00. The molecule has 144 valence electrons. The van der Waals surface area contributed by atoms with Crippen molar-refractivity contribution in [1.82, 2.24) is 5.32 Å². The molecule has 6 nitrogen and oxygen atoms in total. The van der Waals surface area contributed by atoms with E-state index in [1.165, 1.54) is 5.56 Å². The Morgan fingerprint density at radius 1 is 1.11 bits per heavy atom. The Balaban J connectivity index is 1.66. The quantitative estimate of drug-likeness (QED) is 0.812. The highest BCUT2D eigenvalue weighted by molar-refractivity contribution is 5.82. The summed E-state index contributed by atoms with van der Waals surface area (Å²) in [6.45, 7) is 2.87. The summed E-state index contributed by atoms with van der Waals surface area (Å²) in [5, 5.41) is 2.98. The van der Waals surface area contributed by atoms with Gasteiger partial charge in [-0.2, -0.15) is 0 Å². The summed E-state index contributed by atoms with van der Waals surface area (Å²) in [6.07, 6.45) is 0.969. The number of fused-ring (bicyclic) bond motifs is 1. The Morgan fingerprint density at radius 2 is 1.78 bits per heavy atom. The first kappa shape index (κ1) is 18.9. The fourth-order valence-electron chi connectivity index (χ4n) is 3.52. The summed E-state index contributed by atoms with van der Waals surface area (Å²) >= 11 is 0. The van der Waals surface area contributed by atoms with Crippen molar-refractivity contribution in [3.05, 3.63) is 47.5 Å². The van der Waals surface area contributed by atoms with E-state index in [9.17, 15) is 4.79 Å². The highest BCUT2D eigenvalue weighted by atomic mass is 16.5. The van der Waals surface area contributed by atoms with Gasteiger partial charge in [0.05, 0.1) is 27.9 Å². The molecule has 1 heterocycles. The minimum absolute atomic E-state index is 0.0210. The summed E-state index contributed by atoms with van der Waals surface area (Å²) in [6, 6.07) is 12.3. The number of anilines is 1. The van der Waals surface area contributed by atoms with Crippen molar-refractivity contribution < 1.29 is 19.0 Å². The number of methoxy groups -OCH3 is 3. The van der Waals surface area contributed by atoms with Crippen LogP contribution in [0.15, 0.2) is 36.4 Å². The molecule has 2 aromatic rings. The van der Waals surface area contributed by atoms with Crippen molar-refractivity contribution in [1.29, 1.82) is 0 Å². The van der Waals surface area contributed by atoms with Gasteiger partial charge in [0.1, 0.15) is 0 Å². The van der Waals surface area contributed by atoms with Crippen LogP contribution in [0.1, 0.15) is 18.1 Å². The molecule has 1 aliphatic heterocycles. The summed E-state index contributed by atoms with van der Waals surface area (Å²) in [4.78, 5) is 14.7. The van der Waals surface area contributed by atoms with E-state index in [1.54, 1.807) is 21.3 Å². The van der Waals surface area contributed by atoms with Crippen LogP contribution in [0.2, 0.25) is 0 Å². The first-order valence-electron chi connectivity index (χ1n) is 8.97. The fourth-order valence-corrected chi connectivity index (χ4v) is 3.52. The van der Waals surface area contributed by atoms with Gasteiger partial charge in [-0.1, -0.05) is 18.2 Å². The molecule has 0 saturated carbocycles. The Morgan fingerprint density at radius 3 is 2.41 bits per heavy atom. The van der Waals surface area contributed by atoms with Crippen molar-refractivity contribution in [2.45, 2.75) is 25.9 Å². The maximum atomic E-state index is 12.5. The lowest BCUT2D eigenvalue weighted by Crippen LogP contribution is -2.39. The maximum absolute atomic E-state index is 12.5. The van der Waals surface area contributed by atoms with Gasteiger partial charge in [-0.25, -0.2) is 0 Å². The molecule has 0 aromatic heterocycles. The van der Waals surface area contributed by atoms with Crippen LogP contribution in [-0.4, -0.2) is 39.8 Å². The van der Waals surface area contributed by atoms with Crippen molar-refractivity contribution in [3.8, 4) is 17.2 Å². The third kappa shape index (κ3) is 3.94. The molecule has 0 radical (unpaired) electrons. The van der Waals surface area contributed by atoms with Gasteiger partial charge in [-0.05, 0) is 42.7 Å². The lowest BCUT2D eigenvalue weighted by Gasteiger charge is -2.24. The molecule has 6 heteroatoms. The number of hydrogen-bond acceptors (Lipinski definition) is 5. The number of para-hydroxylation sites is 1. The molecule has 0 saturated heterocycles. The van der Waals surface area contributed by atoms with Crippen molar-refractivity contribution in [2.24, 2.45) is 0 Å². The standard InChI is InChI=1S/C21H26N2O4/c1-14-9-16-7-5-6-8-17(16)23(14)13-20(24)22-12-15-10-18(25-2)21(27-4)19(11-15)26-3/h5-8,10-11,14H,9,12-13H2,1-4H3,(H,22,24). The third-order valence-corrected chi connectivity index (χ3v) is 4.88. The predicted molar refractivity (Wildman–Crippen MR) is 105 cm³/mol. The molecule has 1 atom stereocenters. The predicted octanol–water partition coefficient (Wildman–Crippen LogP) is 2.78. The molecule has 0 fully saturated rings. The molecule has 0 aliphatic carbocycles. The van der Waals surface area contributed by atoms with Crippen molar-refractivity contribution >= 4 is 11.6 Å². The van der Waals surface area contributed by atoms with E-state index in [-0.39, 0.29) is 5.91 Å². The summed E-state index contributed by atoms with van der Waals surface area (Å²) < 4.78 is 16.1. The number of ether oxygens (including phenoxy) is 3. The minimum Gasteiger partial charge on any atom is -0.493 e. The van der Waals surface area contributed by atoms with Gasteiger partial charge in [0.2, 0.25) is 11.7 Å². The number of rotatable bonds is 7. The van der Waals surface area contributed by atoms with Crippen LogP contribution >= 0.6 is 0 Å². The van der Waals surface area contributed by atoms with Crippen LogP contribution in [0, 0.1) is 0 Å². The number of carbonyl (C=O) groups excluding carboxylic acids is 1. The zero-order valence-electron chi connectivity index (χ0n) is 16.2. The number of hydrogen-bond donors (Lipinski definition) is 1. The fraction of sp³-hybridized carbons (Fsp3) is 0.381. The maximum Gasteiger partial charge on any atom is 0.239 e. The SMILES string of the molecule is COc1cc(CNC(=O)CN2c3ccccc3CC2C)cc(OC)c1OC. The highest BCUT2D eigenvalue weighted by Crippen LogP contribution is 2.38. The van der Waals surface area contributed by atoms with E-state index < -0.39 is 0 Å². The number of benzene rings is 2. The Kier molecular flexibility index (Phi) is 5.74. The summed E-state index contributed by atoms with van der Waals surface area (Å²) in [5.41, 5.74) is 3.32. The zero-order chi connectivity index (χ0) is 19.4. The van der Waals surface area contributed by atoms with E-state index in [2.05, 4.69) is 29.3 Å². The lowest BCUT2D eigenvalue weighted by molar-refractivity contribution is -0.120. The zero-order valence-corrected chi connectivity index (χ0v) is 16.2. The van der Waals surface area contributed by atoms with Gasteiger partial charge in [0.15, 0.2) is 11.5 Å². The highest BCUT2D eigenvalue weighted by Gasteiger charge is 2.26. The molecule has 0 bridgehead atoms. The van der Waals surface area contributed by atoms with E-state index in [0.29, 0.717) is 36.4 Å². The topological polar surface area (TPSA) is 60.0 Å². The molecule has 2 aromatic carbocycles. The second-order valence-corrected chi connectivity index (χ2v) is 6.62. The lowest BCUT2D eigenvalue weighted by atomic mass is 10.1. The number of nitrogens with one attached hydrogen (secondary N) is 1. The van der Waals surface area contributed by atoms with Crippen LogP contribution in [0.5, 0.6) is 17.2 Å². The minimum atomic E-state index is -0.0210. The van der Waals surface area contributed by atoms with Crippen LogP contribution in [0.4, 0.5) is 5.69 Å². The Labute approximate surface area is 160 Å². The molecular formula is C21H26N2O4. The largest absolute Gasteiger partial charge is 0.493 e. The summed E-state index contributed by atoms with van der Waals surface area (Å²) in [7, 11) is 4.72. The smallest absolute Gasteiger partial charge is 0.239 e. The van der Waals surface area contributed by atoms with Gasteiger partial charge in [0, 0.05) is 18.3 Å². The van der Waals surface area contributed by atoms with Crippen molar-refractivity contribution in [3.63, 3.8) is 0 Å². The van der Waals surface area contributed by atoms with E-state index in [4.69, 9.17) is 14.2 Å². The summed E-state index contributed by atoms with van der Waals surface area (Å²) in [5.74, 6) is 1.66. The molecule has 1 N–H and O–H groups in total. The van der Waals surface area contributed by atoms with Gasteiger partial charge in [-0.15, -0.1) is 0 Å². The van der Waals surface area contributed by atoms with E-state index in [0.717, 1.165) is 17.7 Å². The van der Waals surface area contributed by atoms with Crippen molar-refractivity contribution in [2.75, 3.05) is 32.8 Å². The Bertz CT molecular complexity index is 797. The normalized spacial score (nSPS) is 15.3. The first-order valence-corrected chi connectivity index (χ1v) is 8.97. The third-order valence-electron chi connectivity index (χ3n) is 4.88. The monoisotopic (exact) mass is 370 g/mol. The molecule has 1 aliphatic rings. The number of amides is 1. The molecule has 0 spiro atoms. The molecule has 1 amide bonds. The first-order chi connectivity index (χ1) is 13.1. The van der Waals surface area contributed by atoms with Gasteiger partial charge in [0.25, 0.3) is 0 Å². The van der Waals surface area contributed by atoms with Gasteiger partial charge < -0.3 is 24.4 Å². The molecular weight excluding hydrogens is 344 g/mol.